The number of thiophene rings is 1. The summed E-state index contributed by atoms with van der Waals surface area (Å²) in [7, 11) is 0. The lowest BCUT2D eigenvalue weighted by atomic mass is 10.4. The highest BCUT2D eigenvalue weighted by atomic mass is 79.9. The predicted molar refractivity (Wildman–Crippen MR) is 76.7 cm³/mol. The summed E-state index contributed by atoms with van der Waals surface area (Å²) in [5.74, 6) is 0.911. The van der Waals surface area contributed by atoms with Crippen LogP contribution in [-0.4, -0.2) is 0 Å². The average Bonchev–Trinajstić information content (AvgIpc) is 2.75. The Balaban J connectivity index is 1.84. The Morgan fingerprint density at radius 2 is 2.00 bits per heavy atom. The lowest BCUT2D eigenvalue weighted by Gasteiger charge is -1.99. The Bertz CT molecular complexity index is 461. The van der Waals surface area contributed by atoms with Crippen molar-refractivity contribution in [1.29, 1.82) is 0 Å². The molecule has 2 rings (SSSR count). The van der Waals surface area contributed by atoms with E-state index < -0.39 is 0 Å². The van der Waals surface area contributed by atoms with Gasteiger partial charge in [-0.25, -0.2) is 0 Å². The maximum Gasteiger partial charge on any atom is 0.183 e. The van der Waals surface area contributed by atoms with Crippen LogP contribution in [0.15, 0.2) is 35.5 Å². The van der Waals surface area contributed by atoms with Gasteiger partial charge in [0, 0.05) is 11.4 Å². The molecule has 0 aliphatic heterocycles. The third-order valence-electron chi connectivity index (χ3n) is 1.92. The van der Waals surface area contributed by atoms with E-state index in [0.717, 1.165) is 31.8 Å². The van der Waals surface area contributed by atoms with Crippen LogP contribution in [0.4, 0.5) is 0 Å². The molecule has 0 saturated carbocycles. The van der Waals surface area contributed by atoms with Gasteiger partial charge in [0.05, 0.1) is 14.8 Å². The molecule has 6 heteroatoms. The second kappa shape index (κ2) is 5.82. The van der Waals surface area contributed by atoms with E-state index in [1.54, 1.807) is 11.3 Å². The minimum Gasteiger partial charge on any atom is -0.452 e. The van der Waals surface area contributed by atoms with Gasteiger partial charge in [0.25, 0.3) is 0 Å². The summed E-state index contributed by atoms with van der Waals surface area (Å²) in [6.45, 7) is 1.58. The molecule has 0 amide bonds. The van der Waals surface area contributed by atoms with E-state index in [-0.39, 0.29) is 0 Å². The van der Waals surface area contributed by atoms with Crippen molar-refractivity contribution in [2.45, 2.75) is 13.1 Å². The molecular formula is C10H8Br3NOS. The van der Waals surface area contributed by atoms with Crippen LogP contribution in [0, 0.1) is 0 Å². The first-order valence-corrected chi connectivity index (χ1v) is 7.73. The maximum absolute atomic E-state index is 5.46. The van der Waals surface area contributed by atoms with Gasteiger partial charge < -0.3 is 9.73 Å². The number of hydrogen-bond acceptors (Lipinski definition) is 3. The molecule has 0 atom stereocenters. The van der Waals surface area contributed by atoms with Crippen molar-refractivity contribution in [3.63, 3.8) is 0 Å². The van der Waals surface area contributed by atoms with E-state index in [1.165, 1.54) is 4.88 Å². The molecule has 2 aromatic heterocycles. The molecular weight excluding hydrogens is 422 g/mol. The molecule has 86 valence electrons. The number of hydrogen-bond donors (Lipinski definition) is 1. The minimum absolute atomic E-state index is 0.722. The molecule has 2 aromatic rings. The van der Waals surface area contributed by atoms with Crippen molar-refractivity contribution in [3.05, 3.63) is 41.8 Å². The third kappa shape index (κ3) is 3.43. The van der Waals surface area contributed by atoms with Crippen molar-refractivity contribution in [2.24, 2.45) is 0 Å². The molecule has 1 N–H and O–H groups in total. The summed E-state index contributed by atoms with van der Waals surface area (Å²) in [6, 6.07) is 6.12. The van der Waals surface area contributed by atoms with Crippen LogP contribution in [0.25, 0.3) is 0 Å². The van der Waals surface area contributed by atoms with Gasteiger partial charge in [-0.05, 0) is 66.0 Å². The monoisotopic (exact) mass is 427 g/mol. The molecule has 0 aromatic carbocycles. The first-order valence-electron chi connectivity index (χ1n) is 4.54. The van der Waals surface area contributed by atoms with Crippen molar-refractivity contribution in [2.75, 3.05) is 0 Å². The molecule has 0 radical (unpaired) electrons. The molecule has 0 saturated heterocycles. The second-order valence-electron chi connectivity index (χ2n) is 3.14. The molecule has 0 aliphatic carbocycles. The summed E-state index contributed by atoms with van der Waals surface area (Å²) >= 11 is 11.9. The van der Waals surface area contributed by atoms with E-state index in [0.29, 0.717) is 0 Å². The quantitative estimate of drug-likeness (QED) is 0.746. The number of rotatable bonds is 4. The highest BCUT2D eigenvalue weighted by molar-refractivity contribution is 9.13. The summed E-state index contributed by atoms with van der Waals surface area (Å²) in [5.41, 5.74) is 0. The van der Waals surface area contributed by atoms with Gasteiger partial charge in [0.15, 0.2) is 4.67 Å². The second-order valence-corrected chi connectivity index (χ2v) is 7.27. The Morgan fingerprint density at radius 1 is 1.19 bits per heavy atom. The van der Waals surface area contributed by atoms with Gasteiger partial charge in [0.1, 0.15) is 5.76 Å². The summed E-state index contributed by atoms with van der Waals surface area (Å²) in [5, 5.41) is 3.33. The van der Waals surface area contributed by atoms with Crippen molar-refractivity contribution in [1.82, 2.24) is 5.32 Å². The summed E-state index contributed by atoms with van der Waals surface area (Å²) in [4.78, 5) is 1.30. The first kappa shape index (κ1) is 12.8. The van der Waals surface area contributed by atoms with Crippen LogP contribution < -0.4 is 5.32 Å². The fourth-order valence-electron chi connectivity index (χ4n) is 1.23. The van der Waals surface area contributed by atoms with E-state index in [9.17, 15) is 0 Å². The van der Waals surface area contributed by atoms with Crippen LogP contribution in [0.1, 0.15) is 10.6 Å². The molecule has 16 heavy (non-hydrogen) atoms. The fourth-order valence-corrected chi connectivity index (χ4v) is 3.35. The Hall–Kier alpha value is 0.380. The van der Waals surface area contributed by atoms with Crippen LogP contribution in [0.3, 0.4) is 0 Å². The van der Waals surface area contributed by atoms with E-state index >= 15 is 0 Å². The minimum atomic E-state index is 0.722. The number of furan rings is 1. The summed E-state index contributed by atoms with van der Waals surface area (Å²) in [6.07, 6.45) is 0. The fraction of sp³-hybridized carbons (Fsp3) is 0.200. The lowest BCUT2D eigenvalue weighted by molar-refractivity contribution is 0.465. The summed E-state index contributed by atoms with van der Waals surface area (Å²) < 4.78 is 8.31. The van der Waals surface area contributed by atoms with Gasteiger partial charge in [-0.15, -0.1) is 11.3 Å². The number of nitrogens with one attached hydrogen (secondary N) is 1. The molecule has 0 aliphatic rings. The largest absolute Gasteiger partial charge is 0.452 e. The Morgan fingerprint density at radius 3 is 2.56 bits per heavy atom. The normalized spacial score (nSPS) is 10.9. The number of halogens is 3. The highest BCUT2D eigenvalue weighted by Gasteiger charge is 2.05. The van der Waals surface area contributed by atoms with Crippen molar-refractivity contribution < 1.29 is 4.42 Å². The van der Waals surface area contributed by atoms with E-state index in [2.05, 4.69) is 65.2 Å². The molecule has 2 heterocycles. The zero-order valence-electron chi connectivity index (χ0n) is 8.10. The van der Waals surface area contributed by atoms with Gasteiger partial charge in [0.2, 0.25) is 0 Å². The van der Waals surface area contributed by atoms with Gasteiger partial charge >= 0.3 is 0 Å². The van der Waals surface area contributed by atoms with Crippen LogP contribution >= 0.6 is 59.1 Å². The van der Waals surface area contributed by atoms with Crippen molar-refractivity contribution in [3.8, 4) is 0 Å². The maximum atomic E-state index is 5.46. The van der Waals surface area contributed by atoms with Gasteiger partial charge in [-0.3, -0.25) is 0 Å². The van der Waals surface area contributed by atoms with Crippen LogP contribution in [0.5, 0.6) is 0 Å². The van der Waals surface area contributed by atoms with Crippen LogP contribution in [-0.2, 0) is 13.1 Å². The molecule has 0 spiro atoms. The molecule has 0 bridgehead atoms. The Labute approximate surface area is 123 Å². The molecule has 2 nitrogen and oxygen atoms in total. The molecule has 0 unspecified atom stereocenters. The predicted octanol–water partition coefficient (Wildman–Crippen LogP) is 4.92. The van der Waals surface area contributed by atoms with Crippen molar-refractivity contribution >= 4 is 59.1 Å². The van der Waals surface area contributed by atoms with Gasteiger partial charge in [-0.2, -0.15) is 0 Å². The first-order chi connectivity index (χ1) is 7.65. The smallest absolute Gasteiger partial charge is 0.183 e. The lowest BCUT2D eigenvalue weighted by Crippen LogP contribution is -2.10. The van der Waals surface area contributed by atoms with E-state index in [4.69, 9.17) is 4.42 Å². The van der Waals surface area contributed by atoms with Crippen LogP contribution in [0.2, 0.25) is 0 Å². The average molecular weight is 430 g/mol. The third-order valence-corrected chi connectivity index (χ3v) is 5.26. The highest BCUT2D eigenvalue weighted by Crippen LogP contribution is 2.27. The zero-order valence-corrected chi connectivity index (χ0v) is 13.7. The van der Waals surface area contributed by atoms with Gasteiger partial charge in [-0.1, -0.05) is 0 Å². The SMILES string of the molecule is Brc1ccc(CNCc2cc(Br)c(Br)o2)s1. The van der Waals surface area contributed by atoms with E-state index in [1.807, 2.05) is 6.07 Å². The Kier molecular flexibility index (Phi) is 4.66. The molecule has 0 fully saturated rings. The standard InChI is InChI=1S/C10H8Br3NOS/c11-8-3-6(15-10(8)13)4-14-5-7-1-2-9(12)16-7/h1-3,14H,4-5H2. The topological polar surface area (TPSA) is 25.2 Å². The zero-order chi connectivity index (χ0) is 11.5.